The number of benzene rings is 2. The van der Waals surface area contributed by atoms with Crippen molar-refractivity contribution in [3.05, 3.63) is 77.6 Å². The zero-order valence-corrected chi connectivity index (χ0v) is 21.5. The molecule has 0 saturated heterocycles. The van der Waals surface area contributed by atoms with E-state index < -0.39 is 9.84 Å². The molecule has 0 radical (unpaired) electrons. The minimum atomic E-state index is -3.69. The quantitative estimate of drug-likeness (QED) is 0.376. The number of imidazole rings is 1. The zero-order valence-electron chi connectivity index (χ0n) is 20.7. The molecule has 1 aromatic heterocycles. The van der Waals surface area contributed by atoms with E-state index in [0.717, 1.165) is 0 Å². The van der Waals surface area contributed by atoms with Crippen LogP contribution in [0.25, 0.3) is 0 Å². The van der Waals surface area contributed by atoms with E-state index in [-0.39, 0.29) is 29.3 Å². The van der Waals surface area contributed by atoms with Crippen LogP contribution < -0.4 is 4.74 Å². The number of carbonyl (C=O) groups excluding carboxylic acids is 1. The van der Waals surface area contributed by atoms with Gasteiger partial charge in [0.05, 0.1) is 37.9 Å². The molecule has 3 rings (SSSR count). The largest absolute Gasteiger partial charge is 0.497 e. The lowest BCUT2D eigenvalue weighted by atomic mass is 10.2. The molecule has 1 heterocycles. The van der Waals surface area contributed by atoms with Crippen molar-refractivity contribution in [1.82, 2.24) is 14.5 Å². The maximum atomic E-state index is 13.3. The normalized spacial score (nSPS) is 11.6. The molecule has 188 valence electrons. The summed E-state index contributed by atoms with van der Waals surface area (Å²) in [7, 11) is -0.545. The van der Waals surface area contributed by atoms with E-state index in [9.17, 15) is 13.2 Å². The van der Waals surface area contributed by atoms with Crippen molar-refractivity contribution >= 4 is 15.7 Å². The lowest BCUT2D eigenvalue weighted by molar-refractivity contribution is 0.0675. The van der Waals surface area contributed by atoms with Gasteiger partial charge in [-0.3, -0.25) is 4.79 Å². The van der Waals surface area contributed by atoms with Gasteiger partial charge in [-0.1, -0.05) is 44.2 Å². The van der Waals surface area contributed by atoms with Gasteiger partial charge in [0.2, 0.25) is 15.0 Å². The van der Waals surface area contributed by atoms with Crippen LogP contribution in [-0.4, -0.2) is 56.1 Å². The van der Waals surface area contributed by atoms with Crippen LogP contribution in [0.2, 0.25) is 0 Å². The molecule has 0 aliphatic heterocycles. The van der Waals surface area contributed by atoms with Gasteiger partial charge in [0.25, 0.3) is 5.91 Å². The number of rotatable bonds is 12. The fourth-order valence-corrected chi connectivity index (χ4v) is 5.25. The molecule has 2 aromatic carbocycles. The molecule has 0 unspecified atom stereocenters. The summed E-state index contributed by atoms with van der Waals surface area (Å²) in [6.07, 6.45) is 1.56. The Morgan fingerprint density at radius 1 is 1.06 bits per heavy atom. The predicted octanol–water partition coefficient (Wildman–Crippen LogP) is 3.81. The van der Waals surface area contributed by atoms with Crippen LogP contribution in [0.3, 0.4) is 0 Å². The summed E-state index contributed by atoms with van der Waals surface area (Å²) in [4.78, 5) is 19.3. The van der Waals surface area contributed by atoms with Crippen molar-refractivity contribution in [2.24, 2.45) is 5.92 Å². The van der Waals surface area contributed by atoms with Gasteiger partial charge in [-0.25, -0.2) is 13.4 Å². The number of ether oxygens (including phenoxy) is 2. The van der Waals surface area contributed by atoms with Crippen LogP contribution >= 0.6 is 0 Å². The second kappa shape index (κ2) is 12.0. The molecule has 0 bridgehead atoms. The number of carbonyl (C=O) groups is 1. The van der Waals surface area contributed by atoms with Gasteiger partial charge in [-0.15, -0.1) is 0 Å². The molecule has 8 nitrogen and oxygen atoms in total. The zero-order chi connectivity index (χ0) is 25.4. The Labute approximate surface area is 207 Å². The number of sulfone groups is 1. The molecule has 0 saturated carbocycles. The second-order valence-electron chi connectivity index (χ2n) is 8.73. The second-order valence-corrected chi connectivity index (χ2v) is 10.6. The van der Waals surface area contributed by atoms with Crippen LogP contribution in [0.5, 0.6) is 5.75 Å². The molecular formula is C26H33N3O5S. The molecule has 0 atom stereocenters. The maximum absolute atomic E-state index is 13.3. The first-order valence-electron chi connectivity index (χ1n) is 11.5. The third-order valence-electron chi connectivity index (χ3n) is 5.47. The summed E-state index contributed by atoms with van der Waals surface area (Å²) in [6.45, 7) is 5.40. The summed E-state index contributed by atoms with van der Waals surface area (Å²) in [5, 5.41) is 0.0219. The van der Waals surface area contributed by atoms with Crippen molar-refractivity contribution in [3.63, 3.8) is 0 Å². The van der Waals surface area contributed by atoms with Gasteiger partial charge in [0.1, 0.15) is 5.75 Å². The van der Waals surface area contributed by atoms with Crippen molar-refractivity contribution in [3.8, 4) is 5.75 Å². The summed E-state index contributed by atoms with van der Waals surface area (Å²) in [6, 6.07) is 15.9. The van der Waals surface area contributed by atoms with Crippen LogP contribution in [0.15, 0.2) is 66.0 Å². The smallest absolute Gasteiger partial charge is 0.254 e. The highest BCUT2D eigenvalue weighted by Gasteiger charge is 2.26. The number of hydrogen-bond donors (Lipinski definition) is 0. The van der Waals surface area contributed by atoms with Gasteiger partial charge in [-0.2, -0.15) is 0 Å². The van der Waals surface area contributed by atoms with E-state index in [1.54, 1.807) is 66.3 Å². The van der Waals surface area contributed by atoms with Gasteiger partial charge < -0.3 is 18.9 Å². The van der Waals surface area contributed by atoms with Crippen LogP contribution in [-0.2, 0) is 33.4 Å². The fourth-order valence-electron chi connectivity index (χ4n) is 3.75. The van der Waals surface area contributed by atoms with E-state index in [1.165, 1.54) is 0 Å². The first-order chi connectivity index (χ1) is 16.7. The summed E-state index contributed by atoms with van der Waals surface area (Å²) in [5.41, 5.74) is 1.86. The van der Waals surface area contributed by atoms with Crippen molar-refractivity contribution in [1.29, 1.82) is 0 Å². The van der Waals surface area contributed by atoms with Crippen LogP contribution in [0.4, 0.5) is 0 Å². The molecule has 3 aromatic rings. The Bertz CT molecular complexity index is 1210. The number of aromatic nitrogens is 2. The lowest BCUT2D eigenvalue weighted by Gasteiger charge is -2.24. The van der Waals surface area contributed by atoms with E-state index >= 15 is 0 Å². The highest BCUT2D eigenvalue weighted by atomic mass is 32.2. The summed E-state index contributed by atoms with van der Waals surface area (Å²) < 4.78 is 38.7. The maximum Gasteiger partial charge on any atom is 0.254 e. The lowest BCUT2D eigenvalue weighted by Crippen LogP contribution is -2.34. The Kier molecular flexibility index (Phi) is 9.06. The van der Waals surface area contributed by atoms with Crippen LogP contribution in [0, 0.1) is 5.92 Å². The van der Waals surface area contributed by atoms with Gasteiger partial charge in [0.15, 0.2) is 0 Å². The highest BCUT2D eigenvalue weighted by molar-refractivity contribution is 7.90. The average Bonchev–Trinajstić information content (AvgIpc) is 3.24. The summed E-state index contributed by atoms with van der Waals surface area (Å²) in [5.74, 6) is 0.517. The van der Waals surface area contributed by atoms with Crippen molar-refractivity contribution in [2.75, 3.05) is 27.4 Å². The molecule has 0 spiro atoms. The average molecular weight is 500 g/mol. The standard InChI is InChI=1S/C26H33N3O5S/c1-20(2)17-29-23(16-27-26(29)35(31,32)19-21-8-6-5-7-9-21)18-28(14-15-33-3)25(30)22-10-12-24(34-4)13-11-22/h5-13,16,20H,14-15,17-19H2,1-4H3. The molecule has 0 aliphatic rings. The van der Waals surface area contributed by atoms with E-state index in [1.807, 2.05) is 32.0 Å². The molecule has 0 aliphatic carbocycles. The minimum Gasteiger partial charge on any atom is -0.497 e. The molecule has 35 heavy (non-hydrogen) atoms. The number of amides is 1. The van der Waals surface area contributed by atoms with Crippen molar-refractivity contribution < 1.29 is 22.7 Å². The Hall–Kier alpha value is -3.17. The van der Waals surface area contributed by atoms with E-state index in [2.05, 4.69) is 4.98 Å². The van der Waals surface area contributed by atoms with E-state index in [4.69, 9.17) is 9.47 Å². The van der Waals surface area contributed by atoms with E-state index in [0.29, 0.717) is 42.3 Å². The Morgan fingerprint density at radius 2 is 1.74 bits per heavy atom. The van der Waals surface area contributed by atoms with Gasteiger partial charge in [0, 0.05) is 25.8 Å². The number of methoxy groups -OCH3 is 2. The molecule has 0 fully saturated rings. The highest BCUT2D eigenvalue weighted by Crippen LogP contribution is 2.21. The topological polar surface area (TPSA) is 90.7 Å². The Balaban J connectivity index is 1.93. The molecule has 9 heteroatoms. The molecular weight excluding hydrogens is 466 g/mol. The first kappa shape index (κ1) is 26.4. The minimum absolute atomic E-state index is 0.0219. The first-order valence-corrected chi connectivity index (χ1v) is 13.1. The number of hydrogen-bond acceptors (Lipinski definition) is 6. The third kappa shape index (κ3) is 6.93. The van der Waals surface area contributed by atoms with Gasteiger partial charge in [-0.05, 0) is 35.7 Å². The van der Waals surface area contributed by atoms with Gasteiger partial charge >= 0.3 is 0 Å². The van der Waals surface area contributed by atoms with Crippen molar-refractivity contribution in [2.45, 2.75) is 37.8 Å². The SMILES string of the molecule is COCCN(Cc1cnc(S(=O)(=O)Cc2ccccc2)n1CC(C)C)C(=O)c1ccc(OC)cc1. The summed E-state index contributed by atoms with van der Waals surface area (Å²) >= 11 is 0. The molecule has 0 N–H and O–H groups in total. The molecule has 1 amide bonds. The third-order valence-corrected chi connectivity index (χ3v) is 7.06. The monoisotopic (exact) mass is 499 g/mol. The Morgan fingerprint density at radius 3 is 2.34 bits per heavy atom. The van der Waals surface area contributed by atoms with Crippen LogP contribution in [0.1, 0.15) is 35.5 Å². The fraction of sp³-hybridized carbons (Fsp3) is 0.385. The predicted molar refractivity (Wildman–Crippen MR) is 134 cm³/mol. The number of nitrogens with zero attached hydrogens (tertiary/aromatic N) is 3.